The number of piperidine rings is 1. The van der Waals surface area contributed by atoms with Gasteiger partial charge >= 0.3 is 0 Å². The smallest absolute Gasteiger partial charge is 0.257 e. The number of nitrogens with zero attached hydrogens (tertiary/aromatic N) is 5. The summed E-state index contributed by atoms with van der Waals surface area (Å²) in [5.74, 6) is 0.280. The predicted octanol–water partition coefficient (Wildman–Crippen LogP) is 1.56. The molecule has 2 amide bonds. The summed E-state index contributed by atoms with van der Waals surface area (Å²) in [4.78, 5) is 41.8. The summed E-state index contributed by atoms with van der Waals surface area (Å²) in [6.07, 6.45) is 8.27. The maximum atomic E-state index is 13.0. The molecule has 134 valence electrons. The number of hydrogen-bond donors (Lipinski definition) is 0. The first-order valence-corrected chi connectivity index (χ1v) is 8.90. The van der Waals surface area contributed by atoms with Crippen LogP contribution in [0.2, 0.25) is 0 Å². The van der Waals surface area contributed by atoms with E-state index < -0.39 is 0 Å². The highest BCUT2D eigenvalue weighted by molar-refractivity contribution is 5.96. The van der Waals surface area contributed by atoms with Gasteiger partial charge in [-0.1, -0.05) is 0 Å². The van der Waals surface area contributed by atoms with Gasteiger partial charge in [0.25, 0.3) is 11.8 Å². The average molecular weight is 351 g/mol. The van der Waals surface area contributed by atoms with Gasteiger partial charge in [0, 0.05) is 49.8 Å². The molecule has 0 saturated carbocycles. The van der Waals surface area contributed by atoms with Crippen molar-refractivity contribution in [3.63, 3.8) is 0 Å². The standard InChI is InChI=1S/C19H21N5O2/c1-13-17(8-21-12-22-13)19(26)24-10-14-2-3-16(24)11-23(9-14)18(25)15-4-6-20-7-5-15/h4-8,12,14,16H,2-3,9-11H2,1H3/t14-,16+/m0/s1. The van der Waals surface area contributed by atoms with Crippen molar-refractivity contribution in [2.45, 2.75) is 25.8 Å². The van der Waals surface area contributed by atoms with Crippen molar-refractivity contribution in [1.29, 1.82) is 0 Å². The van der Waals surface area contributed by atoms with E-state index in [-0.39, 0.29) is 17.9 Å². The largest absolute Gasteiger partial charge is 0.336 e. The minimum atomic E-state index is -0.0315. The lowest BCUT2D eigenvalue weighted by atomic mass is 9.94. The molecule has 3 aliphatic rings. The van der Waals surface area contributed by atoms with Crippen molar-refractivity contribution in [2.24, 2.45) is 5.92 Å². The molecular formula is C19H21N5O2. The molecule has 0 aliphatic carbocycles. The van der Waals surface area contributed by atoms with Crippen molar-refractivity contribution in [3.05, 3.63) is 53.9 Å². The van der Waals surface area contributed by atoms with Crippen LogP contribution in [0.5, 0.6) is 0 Å². The van der Waals surface area contributed by atoms with Gasteiger partial charge in [0.2, 0.25) is 0 Å². The third-order valence-electron chi connectivity index (χ3n) is 5.33. The van der Waals surface area contributed by atoms with E-state index in [1.807, 2.05) is 16.7 Å². The first kappa shape index (κ1) is 16.6. The number of hydrogen-bond acceptors (Lipinski definition) is 5. The fraction of sp³-hybridized carbons (Fsp3) is 0.421. The second-order valence-electron chi connectivity index (χ2n) is 7.02. The second-order valence-corrected chi connectivity index (χ2v) is 7.02. The fourth-order valence-corrected chi connectivity index (χ4v) is 3.93. The molecule has 0 aromatic carbocycles. The van der Waals surface area contributed by atoms with Crippen LogP contribution in [0, 0.1) is 12.8 Å². The van der Waals surface area contributed by atoms with Gasteiger partial charge in [-0.2, -0.15) is 0 Å². The van der Waals surface area contributed by atoms with Crippen LogP contribution in [-0.2, 0) is 0 Å². The Hall–Kier alpha value is -2.83. The summed E-state index contributed by atoms with van der Waals surface area (Å²) in [5, 5.41) is 0. The van der Waals surface area contributed by atoms with Gasteiger partial charge in [-0.3, -0.25) is 14.6 Å². The Morgan fingerprint density at radius 3 is 2.62 bits per heavy atom. The number of amides is 2. The lowest BCUT2D eigenvalue weighted by Crippen LogP contribution is -2.48. The van der Waals surface area contributed by atoms with Gasteiger partial charge in [-0.05, 0) is 37.8 Å². The van der Waals surface area contributed by atoms with E-state index in [2.05, 4.69) is 15.0 Å². The normalized spacial score (nSPS) is 22.2. The molecule has 3 aliphatic heterocycles. The lowest BCUT2D eigenvalue weighted by Gasteiger charge is -2.36. The Bertz CT molecular complexity index is 826. The zero-order chi connectivity index (χ0) is 18.1. The molecule has 0 N–H and O–H groups in total. The van der Waals surface area contributed by atoms with E-state index in [0.717, 1.165) is 12.8 Å². The molecule has 5 rings (SSSR count). The monoisotopic (exact) mass is 351 g/mol. The van der Waals surface area contributed by atoms with Crippen LogP contribution in [0.25, 0.3) is 0 Å². The summed E-state index contributed by atoms with van der Waals surface area (Å²) >= 11 is 0. The topological polar surface area (TPSA) is 79.3 Å². The highest BCUT2D eigenvalue weighted by Gasteiger charge is 2.39. The molecule has 7 nitrogen and oxygen atoms in total. The fourth-order valence-electron chi connectivity index (χ4n) is 3.93. The molecule has 7 heteroatoms. The summed E-state index contributed by atoms with van der Waals surface area (Å²) in [6.45, 7) is 3.75. The minimum Gasteiger partial charge on any atom is -0.336 e. The van der Waals surface area contributed by atoms with E-state index in [1.54, 1.807) is 30.7 Å². The first-order valence-electron chi connectivity index (χ1n) is 8.90. The van der Waals surface area contributed by atoms with Crippen molar-refractivity contribution in [2.75, 3.05) is 19.6 Å². The number of fused-ring (bicyclic) bond motifs is 4. The summed E-state index contributed by atoms with van der Waals surface area (Å²) in [7, 11) is 0. The molecule has 2 bridgehead atoms. The van der Waals surface area contributed by atoms with Crippen LogP contribution >= 0.6 is 0 Å². The average Bonchev–Trinajstić information content (AvgIpc) is 3.00. The van der Waals surface area contributed by atoms with Gasteiger partial charge in [-0.25, -0.2) is 9.97 Å². The Labute approximate surface area is 152 Å². The van der Waals surface area contributed by atoms with E-state index in [0.29, 0.717) is 42.4 Å². The van der Waals surface area contributed by atoms with Gasteiger partial charge in [0.15, 0.2) is 0 Å². The number of carbonyl (C=O) groups is 2. The summed E-state index contributed by atoms with van der Waals surface area (Å²) in [5.41, 5.74) is 1.88. The molecule has 2 aromatic rings. The Kier molecular flexibility index (Phi) is 4.36. The Morgan fingerprint density at radius 2 is 1.85 bits per heavy atom. The van der Waals surface area contributed by atoms with Crippen LogP contribution in [0.4, 0.5) is 0 Å². The van der Waals surface area contributed by atoms with Gasteiger partial charge < -0.3 is 9.80 Å². The molecule has 3 saturated heterocycles. The van der Waals surface area contributed by atoms with Gasteiger partial charge in [0.1, 0.15) is 6.33 Å². The molecule has 26 heavy (non-hydrogen) atoms. The van der Waals surface area contributed by atoms with Crippen LogP contribution < -0.4 is 0 Å². The zero-order valence-electron chi connectivity index (χ0n) is 14.7. The van der Waals surface area contributed by atoms with E-state index in [4.69, 9.17) is 0 Å². The maximum Gasteiger partial charge on any atom is 0.257 e. The third kappa shape index (κ3) is 3.05. The van der Waals surface area contributed by atoms with Crippen molar-refractivity contribution >= 4 is 11.8 Å². The molecule has 0 radical (unpaired) electrons. The highest BCUT2D eigenvalue weighted by atomic mass is 16.2. The van der Waals surface area contributed by atoms with Crippen LogP contribution in [0.15, 0.2) is 37.1 Å². The molecule has 0 spiro atoms. The second kappa shape index (κ2) is 6.82. The van der Waals surface area contributed by atoms with Crippen molar-refractivity contribution < 1.29 is 9.59 Å². The molecule has 0 unspecified atom stereocenters. The predicted molar refractivity (Wildman–Crippen MR) is 94.5 cm³/mol. The molecule has 5 heterocycles. The lowest BCUT2D eigenvalue weighted by molar-refractivity contribution is 0.0572. The minimum absolute atomic E-state index is 0.0119. The number of aromatic nitrogens is 3. The highest BCUT2D eigenvalue weighted by Crippen LogP contribution is 2.30. The van der Waals surface area contributed by atoms with E-state index in [1.165, 1.54) is 6.33 Å². The summed E-state index contributed by atoms with van der Waals surface area (Å²) in [6, 6.07) is 3.51. The SMILES string of the molecule is Cc1ncncc1C(=O)N1C[C@H]2CC[C@@H]1CN(C(=O)c1ccncc1)C2. The number of carbonyl (C=O) groups excluding carboxylic acids is 2. The number of pyridine rings is 1. The first-order chi connectivity index (χ1) is 12.6. The van der Waals surface area contributed by atoms with Crippen LogP contribution in [0.1, 0.15) is 39.3 Å². The Morgan fingerprint density at radius 1 is 1.04 bits per heavy atom. The molecular weight excluding hydrogens is 330 g/mol. The number of rotatable bonds is 2. The Balaban J connectivity index is 1.56. The quantitative estimate of drug-likeness (QED) is 0.820. The third-order valence-corrected chi connectivity index (χ3v) is 5.33. The maximum absolute atomic E-state index is 13.0. The van der Waals surface area contributed by atoms with Gasteiger partial charge in [-0.15, -0.1) is 0 Å². The van der Waals surface area contributed by atoms with Crippen LogP contribution in [0.3, 0.4) is 0 Å². The molecule has 2 atom stereocenters. The van der Waals surface area contributed by atoms with Crippen LogP contribution in [-0.4, -0.2) is 62.2 Å². The van der Waals surface area contributed by atoms with E-state index in [9.17, 15) is 9.59 Å². The molecule has 2 aromatic heterocycles. The molecule has 3 fully saturated rings. The number of aryl methyl sites for hydroxylation is 1. The van der Waals surface area contributed by atoms with E-state index >= 15 is 0 Å². The van der Waals surface area contributed by atoms with Crippen molar-refractivity contribution in [3.8, 4) is 0 Å². The van der Waals surface area contributed by atoms with Crippen molar-refractivity contribution in [1.82, 2.24) is 24.8 Å². The summed E-state index contributed by atoms with van der Waals surface area (Å²) < 4.78 is 0. The van der Waals surface area contributed by atoms with Gasteiger partial charge in [0.05, 0.1) is 11.3 Å². The zero-order valence-corrected chi connectivity index (χ0v) is 14.7.